The Morgan fingerprint density at radius 3 is 2.81 bits per heavy atom. The molecule has 1 amide bonds. The van der Waals surface area contributed by atoms with Gasteiger partial charge >= 0.3 is 0 Å². The quantitative estimate of drug-likeness (QED) is 0.836. The van der Waals surface area contributed by atoms with Crippen LogP contribution in [0.25, 0.3) is 0 Å². The predicted octanol–water partition coefficient (Wildman–Crippen LogP) is 3.30. The fourth-order valence-corrected chi connectivity index (χ4v) is 3.49. The van der Waals surface area contributed by atoms with Crippen LogP contribution in [-0.4, -0.2) is 30.5 Å². The molecule has 0 aromatic heterocycles. The number of hydrogen-bond donors (Lipinski definition) is 0. The summed E-state index contributed by atoms with van der Waals surface area (Å²) in [6, 6.07) is 3.18. The normalized spacial score (nSPS) is 19.1. The van der Waals surface area contributed by atoms with E-state index in [0.717, 1.165) is 24.0 Å². The summed E-state index contributed by atoms with van der Waals surface area (Å²) < 4.78 is 19.2. The molecule has 114 valence electrons. The van der Waals surface area contributed by atoms with Crippen LogP contribution in [-0.2, 0) is 17.8 Å². The van der Waals surface area contributed by atoms with E-state index in [2.05, 4.69) is 0 Å². The molecule has 0 radical (unpaired) electrons. The van der Waals surface area contributed by atoms with Crippen molar-refractivity contribution in [2.75, 3.05) is 13.7 Å². The lowest BCUT2D eigenvalue weighted by atomic mass is 9.92. The van der Waals surface area contributed by atoms with Gasteiger partial charge in [0.05, 0.1) is 13.2 Å². The first kappa shape index (κ1) is 14.5. The van der Waals surface area contributed by atoms with Gasteiger partial charge in [-0.1, -0.05) is 19.3 Å². The molecule has 4 heteroatoms. The zero-order valence-corrected chi connectivity index (χ0v) is 12.5. The van der Waals surface area contributed by atoms with Crippen LogP contribution in [0.1, 0.15) is 53.6 Å². The van der Waals surface area contributed by atoms with Crippen molar-refractivity contribution in [3.05, 3.63) is 34.6 Å². The van der Waals surface area contributed by atoms with Crippen LogP contribution in [0.5, 0.6) is 0 Å². The Balaban J connectivity index is 1.88. The molecule has 0 bridgehead atoms. The summed E-state index contributed by atoms with van der Waals surface area (Å²) in [5, 5.41) is 0. The molecule has 0 unspecified atom stereocenters. The molecule has 1 saturated carbocycles. The Morgan fingerprint density at radius 2 is 2.05 bits per heavy atom. The molecular weight excluding hydrogens is 269 g/mol. The van der Waals surface area contributed by atoms with Crippen LogP contribution in [0.3, 0.4) is 0 Å². The van der Waals surface area contributed by atoms with E-state index in [0.29, 0.717) is 31.2 Å². The number of ether oxygens (including phenoxy) is 1. The number of nitrogens with zero attached hydrogens (tertiary/aromatic N) is 1. The van der Waals surface area contributed by atoms with Crippen molar-refractivity contribution in [1.29, 1.82) is 0 Å². The molecule has 0 atom stereocenters. The fraction of sp³-hybridized carbons (Fsp3) is 0.588. The first-order valence-electron chi connectivity index (χ1n) is 7.83. The molecule has 1 heterocycles. The average molecular weight is 291 g/mol. The molecule has 0 saturated heterocycles. The number of rotatable bonds is 2. The molecule has 3 nitrogen and oxygen atoms in total. The van der Waals surface area contributed by atoms with Gasteiger partial charge in [0.25, 0.3) is 5.91 Å². The first-order chi connectivity index (χ1) is 10.2. The van der Waals surface area contributed by atoms with Crippen LogP contribution >= 0.6 is 0 Å². The van der Waals surface area contributed by atoms with Crippen LogP contribution in [0.15, 0.2) is 12.1 Å². The van der Waals surface area contributed by atoms with Gasteiger partial charge in [0.1, 0.15) is 5.82 Å². The van der Waals surface area contributed by atoms with Gasteiger partial charge in [-0.2, -0.15) is 0 Å². The molecule has 3 rings (SSSR count). The second-order valence-electron chi connectivity index (χ2n) is 6.10. The minimum atomic E-state index is -0.348. The number of hydrogen-bond acceptors (Lipinski definition) is 2. The third-order valence-corrected chi connectivity index (χ3v) is 4.73. The smallest absolute Gasteiger partial charge is 0.254 e. The number of fused-ring (bicyclic) bond motifs is 1. The van der Waals surface area contributed by atoms with Gasteiger partial charge in [-0.25, -0.2) is 4.39 Å². The van der Waals surface area contributed by atoms with E-state index < -0.39 is 0 Å². The standard InChI is InChI=1S/C17H22FNO2/c1-19(14-5-3-2-4-6-14)17(20)16-10-13(18)9-12-11-21-8-7-15(12)16/h9-10,14H,2-8,11H2,1H3. The molecule has 0 N–H and O–H groups in total. The topological polar surface area (TPSA) is 29.5 Å². The monoisotopic (exact) mass is 291 g/mol. The highest BCUT2D eigenvalue weighted by atomic mass is 19.1. The van der Waals surface area contributed by atoms with Crippen molar-refractivity contribution in [2.24, 2.45) is 0 Å². The maximum atomic E-state index is 13.8. The summed E-state index contributed by atoms with van der Waals surface area (Å²) >= 11 is 0. The second-order valence-corrected chi connectivity index (χ2v) is 6.10. The number of carbonyl (C=O) groups is 1. The lowest BCUT2D eigenvalue weighted by Crippen LogP contribution is -2.39. The van der Waals surface area contributed by atoms with Crippen molar-refractivity contribution in [2.45, 2.75) is 51.2 Å². The highest BCUT2D eigenvalue weighted by molar-refractivity contribution is 5.96. The molecule has 0 spiro atoms. The number of carbonyl (C=O) groups excluding carboxylic acids is 1. The van der Waals surface area contributed by atoms with E-state index in [1.807, 2.05) is 11.9 Å². The largest absolute Gasteiger partial charge is 0.376 e. The number of halogens is 1. The van der Waals surface area contributed by atoms with Crippen LogP contribution in [0.2, 0.25) is 0 Å². The highest BCUT2D eigenvalue weighted by Crippen LogP contribution is 2.27. The highest BCUT2D eigenvalue weighted by Gasteiger charge is 2.26. The number of benzene rings is 1. The van der Waals surface area contributed by atoms with Gasteiger partial charge < -0.3 is 9.64 Å². The zero-order chi connectivity index (χ0) is 14.8. The Hall–Kier alpha value is -1.42. The lowest BCUT2D eigenvalue weighted by Gasteiger charge is -2.32. The third kappa shape index (κ3) is 2.95. The Kier molecular flexibility index (Phi) is 4.24. The molecule has 1 fully saturated rings. The van der Waals surface area contributed by atoms with E-state index in [1.165, 1.54) is 31.4 Å². The van der Waals surface area contributed by atoms with E-state index in [-0.39, 0.29) is 11.7 Å². The molecule has 1 aromatic carbocycles. The van der Waals surface area contributed by atoms with E-state index >= 15 is 0 Å². The van der Waals surface area contributed by atoms with Gasteiger partial charge in [-0.15, -0.1) is 0 Å². The van der Waals surface area contributed by atoms with E-state index in [4.69, 9.17) is 4.74 Å². The van der Waals surface area contributed by atoms with Gasteiger partial charge in [0, 0.05) is 18.7 Å². The molecule has 1 aliphatic heterocycles. The molecular formula is C17H22FNO2. The minimum absolute atomic E-state index is 0.0421. The zero-order valence-electron chi connectivity index (χ0n) is 12.5. The van der Waals surface area contributed by atoms with E-state index in [9.17, 15) is 9.18 Å². The van der Waals surface area contributed by atoms with Crippen molar-refractivity contribution in [1.82, 2.24) is 4.90 Å². The Bertz CT molecular complexity index is 538. The van der Waals surface area contributed by atoms with Gasteiger partial charge in [0.15, 0.2) is 0 Å². The first-order valence-corrected chi connectivity index (χ1v) is 7.83. The average Bonchev–Trinajstić information content (AvgIpc) is 2.53. The maximum absolute atomic E-state index is 13.8. The van der Waals surface area contributed by atoms with Gasteiger partial charge in [0.2, 0.25) is 0 Å². The van der Waals surface area contributed by atoms with Crippen molar-refractivity contribution in [3.8, 4) is 0 Å². The van der Waals surface area contributed by atoms with Gasteiger partial charge in [-0.3, -0.25) is 4.79 Å². The summed E-state index contributed by atoms with van der Waals surface area (Å²) in [5.41, 5.74) is 2.32. The second kappa shape index (κ2) is 6.14. The molecule has 2 aliphatic rings. The summed E-state index contributed by atoms with van der Waals surface area (Å²) in [5.74, 6) is -0.390. The van der Waals surface area contributed by atoms with Crippen molar-refractivity contribution in [3.63, 3.8) is 0 Å². The van der Waals surface area contributed by atoms with Crippen LogP contribution < -0.4 is 0 Å². The molecule has 21 heavy (non-hydrogen) atoms. The summed E-state index contributed by atoms with van der Waals surface area (Å²) in [4.78, 5) is 14.6. The summed E-state index contributed by atoms with van der Waals surface area (Å²) in [6.45, 7) is 1.01. The third-order valence-electron chi connectivity index (χ3n) is 4.73. The van der Waals surface area contributed by atoms with E-state index in [1.54, 1.807) is 0 Å². The van der Waals surface area contributed by atoms with Crippen molar-refractivity contribution < 1.29 is 13.9 Å². The van der Waals surface area contributed by atoms with Crippen LogP contribution in [0.4, 0.5) is 4.39 Å². The summed E-state index contributed by atoms with van der Waals surface area (Å²) in [6.07, 6.45) is 6.42. The Morgan fingerprint density at radius 1 is 1.29 bits per heavy atom. The van der Waals surface area contributed by atoms with Crippen molar-refractivity contribution >= 4 is 5.91 Å². The minimum Gasteiger partial charge on any atom is -0.376 e. The summed E-state index contributed by atoms with van der Waals surface area (Å²) in [7, 11) is 1.86. The predicted molar refractivity (Wildman–Crippen MR) is 78.7 cm³/mol. The fourth-order valence-electron chi connectivity index (χ4n) is 3.49. The van der Waals surface area contributed by atoms with Gasteiger partial charge in [-0.05, 0) is 42.5 Å². The Labute approximate surface area is 125 Å². The molecule has 1 aliphatic carbocycles. The maximum Gasteiger partial charge on any atom is 0.254 e. The molecule has 1 aromatic rings. The van der Waals surface area contributed by atoms with Crippen LogP contribution in [0, 0.1) is 5.82 Å². The number of amides is 1. The lowest BCUT2D eigenvalue weighted by molar-refractivity contribution is 0.0689. The SMILES string of the molecule is CN(C(=O)c1cc(F)cc2c1CCOC2)C1CCCCC1.